The van der Waals surface area contributed by atoms with E-state index in [1.807, 2.05) is 0 Å². The van der Waals surface area contributed by atoms with Gasteiger partial charge in [0, 0.05) is 19.8 Å². The van der Waals surface area contributed by atoms with Crippen LogP contribution in [0, 0.1) is 0 Å². The number of anilines is 1. The number of carbonyl (C=O) groups is 1. The molecule has 1 unspecified atom stereocenters. The first-order valence-corrected chi connectivity index (χ1v) is 6.82. The predicted molar refractivity (Wildman–Crippen MR) is 74.2 cm³/mol. The van der Waals surface area contributed by atoms with Crippen LogP contribution in [0.5, 0.6) is 0 Å². The van der Waals surface area contributed by atoms with E-state index in [0.717, 1.165) is 25.7 Å². The Morgan fingerprint density at radius 1 is 1.53 bits per heavy atom. The fraction of sp³-hybridized carbons (Fsp3) is 0.571. The van der Waals surface area contributed by atoms with Gasteiger partial charge >= 0.3 is 0 Å². The summed E-state index contributed by atoms with van der Waals surface area (Å²) in [7, 11) is 1.76. The Balaban J connectivity index is 2.25. The standard InChI is InChI=1S/C14H21N3O2/c1-15-13-12(7-5-8-16-13)14(19)17-9-4-2-3-6-11(17)10-18/h5,7-8,11,18H,2-4,6,9-10H2,1H3,(H,15,16). The van der Waals surface area contributed by atoms with Gasteiger partial charge in [-0.2, -0.15) is 0 Å². The summed E-state index contributed by atoms with van der Waals surface area (Å²) in [5, 5.41) is 12.4. The molecule has 104 valence electrons. The molecule has 0 radical (unpaired) electrons. The normalized spacial score (nSPS) is 19.9. The van der Waals surface area contributed by atoms with Crippen LogP contribution in [0.4, 0.5) is 5.82 Å². The first kappa shape index (κ1) is 13.8. The fourth-order valence-electron chi connectivity index (χ4n) is 2.57. The van der Waals surface area contributed by atoms with E-state index < -0.39 is 0 Å². The van der Waals surface area contributed by atoms with Crippen LogP contribution >= 0.6 is 0 Å². The molecule has 2 heterocycles. The van der Waals surface area contributed by atoms with Gasteiger partial charge in [-0.3, -0.25) is 4.79 Å². The number of hydrogen-bond donors (Lipinski definition) is 2. The van der Waals surface area contributed by atoms with Gasteiger partial charge in [0.05, 0.1) is 18.2 Å². The van der Waals surface area contributed by atoms with Gasteiger partial charge in [-0.1, -0.05) is 12.8 Å². The summed E-state index contributed by atoms with van der Waals surface area (Å²) >= 11 is 0. The van der Waals surface area contributed by atoms with Crippen molar-refractivity contribution in [1.29, 1.82) is 0 Å². The number of aliphatic hydroxyl groups is 1. The van der Waals surface area contributed by atoms with Gasteiger partial charge in [0.2, 0.25) is 0 Å². The number of aromatic nitrogens is 1. The maximum Gasteiger partial charge on any atom is 0.257 e. The van der Waals surface area contributed by atoms with Crippen molar-refractivity contribution in [2.24, 2.45) is 0 Å². The number of rotatable bonds is 3. The predicted octanol–water partition coefficient (Wildman–Crippen LogP) is 1.50. The van der Waals surface area contributed by atoms with Gasteiger partial charge in [0.15, 0.2) is 0 Å². The number of hydrogen-bond acceptors (Lipinski definition) is 4. The summed E-state index contributed by atoms with van der Waals surface area (Å²) in [4.78, 5) is 18.6. The van der Waals surface area contributed by atoms with Crippen molar-refractivity contribution in [3.63, 3.8) is 0 Å². The maximum absolute atomic E-state index is 12.6. The molecule has 5 heteroatoms. The number of carbonyl (C=O) groups excluding carboxylic acids is 1. The maximum atomic E-state index is 12.6. The van der Waals surface area contributed by atoms with Gasteiger partial charge in [-0.05, 0) is 25.0 Å². The summed E-state index contributed by atoms with van der Waals surface area (Å²) < 4.78 is 0. The van der Waals surface area contributed by atoms with Gasteiger partial charge in [0.25, 0.3) is 5.91 Å². The fourth-order valence-corrected chi connectivity index (χ4v) is 2.57. The number of amides is 1. The molecule has 1 aliphatic heterocycles. The zero-order chi connectivity index (χ0) is 13.7. The van der Waals surface area contributed by atoms with Crippen molar-refractivity contribution >= 4 is 11.7 Å². The molecule has 0 aliphatic carbocycles. The zero-order valence-electron chi connectivity index (χ0n) is 11.3. The largest absolute Gasteiger partial charge is 0.394 e. The van der Waals surface area contributed by atoms with E-state index in [2.05, 4.69) is 10.3 Å². The van der Waals surface area contributed by atoms with Gasteiger partial charge in [-0.25, -0.2) is 4.98 Å². The third-order valence-corrected chi connectivity index (χ3v) is 3.62. The average molecular weight is 263 g/mol. The number of likely N-dealkylation sites (tertiary alicyclic amines) is 1. The molecule has 5 nitrogen and oxygen atoms in total. The van der Waals surface area contributed by atoms with Crippen molar-refractivity contribution in [2.75, 3.05) is 25.5 Å². The molecule has 1 aromatic rings. The monoisotopic (exact) mass is 263 g/mol. The molecule has 1 aliphatic rings. The van der Waals surface area contributed by atoms with E-state index in [9.17, 15) is 9.90 Å². The van der Waals surface area contributed by atoms with Crippen LogP contribution in [0.1, 0.15) is 36.0 Å². The van der Waals surface area contributed by atoms with Crippen molar-refractivity contribution in [3.05, 3.63) is 23.9 Å². The summed E-state index contributed by atoms with van der Waals surface area (Å²) in [6.07, 6.45) is 5.72. The van der Waals surface area contributed by atoms with E-state index in [1.165, 1.54) is 0 Å². The Morgan fingerprint density at radius 2 is 2.37 bits per heavy atom. The Bertz CT molecular complexity index is 436. The third-order valence-electron chi connectivity index (χ3n) is 3.62. The minimum Gasteiger partial charge on any atom is -0.394 e. The quantitative estimate of drug-likeness (QED) is 0.867. The highest BCUT2D eigenvalue weighted by atomic mass is 16.3. The SMILES string of the molecule is CNc1ncccc1C(=O)N1CCCCCC1CO. The molecule has 2 rings (SSSR count). The van der Waals surface area contributed by atoms with Crippen LogP contribution in [0.2, 0.25) is 0 Å². The number of pyridine rings is 1. The first-order valence-electron chi connectivity index (χ1n) is 6.82. The molecule has 0 spiro atoms. The Hall–Kier alpha value is -1.62. The lowest BCUT2D eigenvalue weighted by Crippen LogP contribution is -2.42. The highest BCUT2D eigenvalue weighted by Crippen LogP contribution is 2.21. The lowest BCUT2D eigenvalue weighted by molar-refractivity contribution is 0.0600. The molecule has 1 saturated heterocycles. The van der Waals surface area contributed by atoms with Crippen molar-refractivity contribution < 1.29 is 9.90 Å². The van der Waals surface area contributed by atoms with Crippen molar-refractivity contribution in [1.82, 2.24) is 9.88 Å². The van der Waals surface area contributed by atoms with Crippen molar-refractivity contribution in [2.45, 2.75) is 31.7 Å². The Kier molecular flexibility index (Phi) is 4.74. The lowest BCUT2D eigenvalue weighted by Gasteiger charge is -2.29. The molecule has 19 heavy (non-hydrogen) atoms. The van der Waals surface area contributed by atoms with E-state index >= 15 is 0 Å². The second-order valence-electron chi connectivity index (χ2n) is 4.83. The first-order chi connectivity index (χ1) is 9.27. The molecular formula is C14H21N3O2. The molecule has 0 bridgehead atoms. The number of nitrogens with zero attached hydrogens (tertiary/aromatic N) is 2. The van der Waals surface area contributed by atoms with E-state index in [-0.39, 0.29) is 18.6 Å². The summed E-state index contributed by atoms with van der Waals surface area (Å²) in [5.41, 5.74) is 0.574. The Morgan fingerprint density at radius 3 is 3.11 bits per heavy atom. The van der Waals surface area contributed by atoms with Gasteiger partial charge in [-0.15, -0.1) is 0 Å². The van der Waals surface area contributed by atoms with Crippen LogP contribution in [-0.4, -0.2) is 47.1 Å². The number of aliphatic hydroxyl groups excluding tert-OH is 1. The molecule has 1 amide bonds. The van der Waals surface area contributed by atoms with Crippen LogP contribution < -0.4 is 5.32 Å². The highest BCUT2D eigenvalue weighted by molar-refractivity contribution is 5.98. The molecule has 0 aromatic carbocycles. The minimum atomic E-state index is -0.0695. The van der Waals surface area contributed by atoms with E-state index in [1.54, 1.807) is 30.3 Å². The zero-order valence-corrected chi connectivity index (χ0v) is 11.3. The van der Waals surface area contributed by atoms with Crippen LogP contribution in [-0.2, 0) is 0 Å². The summed E-state index contributed by atoms with van der Waals surface area (Å²) in [6, 6.07) is 3.47. The van der Waals surface area contributed by atoms with Crippen LogP contribution in [0.3, 0.4) is 0 Å². The second-order valence-corrected chi connectivity index (χ2v) is 4.83. The highest BCUT2D eigenvalue weighted by Gasteiger charge is 2.27. The second kappa shape index (κ2) is 6.52. The average Bonchev–Trinajstić information content (AvgIpc) is 2.71. The summed E-state index contributed by atoms with van der Waals surface area (Å²) in [5.74, 6) is 0.548. The molecule has 0 saturated carbocycles. The van der Waals surface area contributed by atoms with E-state index in [4.69, 9.17) is 0 Å². The summed E-state index contributed by atoms with van der Waals surface area (Å²) in [6.45, 7) is 0.739. The molecule has 2 N–H and O–H groups in total. The third kappa shape index (κ3) is 3.04. The minimum absolute atomic E-state index is 0.0287. The molecule has 1 aromatic heterocycles. The van der Waals surface area contributed by atoms with E-state index in [0.29, 0.717) is 17.9 Å². The molecule has 1 fully saturated rings. The molecule has 1 atom stereocenters. The smallest absolute Gasteiger partial charge is 0.257 e. The number of nitrogens with one attached hydrogen (secondary N) is 1. The van der Waals surface area contributed by atoms with Crippen LogP contribution in [0.15, 0.2) is 18.3 Å². The van der Waals surface area contributed by atoms with Crippen molar-refractivity contribution in [3.8, 4) is 0 Å². The van der Waals surface area contributed by atoms with Gasteiger partial charge < -0.3 is 15.3 Å². The molecular weight excluding hydrogens is 242 g/mol. The van der Waals surface area contributed by atoms with Gasteiger partial charge in [0.1, 0.15) is 5.82 Å². The topological polar surface area (TPSA) is 65.5 Å². The lowest BCUT2D eigenvalue weighted by atomic mass is 10.1. The van der Waals surface area contributed by atoms with Crippen LogP contribution in [0.25, 0.3) is 0 Å². The Labute approximate surface area is 113 Å².